The van der Waals surface area contributed by atoms with Gasteiger partial charge in [-0.25, -0.2) is 0 Å². The van der Waals surface area contributed by atoms with E-state index in [0.717, 1.165) is 25.2 Å². The first-order valence-corrected chi connectivity index (χ1v) is 9.52. The molecule has 21 heavy (non-hydrogen) atoms. The molecule has 1 aliphatic rings. The number of rotatable bonds is 12. The normalized spacial score (nSPS) is 21.7. The fraction of sp³-hybridized carbons (Fsp3) is 0.833. The molecule has 0 bridgehead atoms. The molecule has 0 radical (unpaired) electrons. The summed E-state index contributed by atoms with van der Waals surface area (Å²) in [4.78, 5) is 11.7. The van der Waals surface area contributed by atoms with Crippen LogP contribution in [0.25, 0.3) is 0 Å². The average Bonchev–Trinajstić information content (AvgIpc) is 2.73. The lowest BCUT2D eigenvalue weighted by Gasteiger charge is -2.26. The van der Waals surface area contributed by atoms with E-state index in [9.17, 15) is 4.79 Å². The number of hydrogen-bond donors (Lipinski definition) is 0. The van der Waals surface area contributed by atoms with Crippen molar-refractivity contribution in [3.8, 4) is 0 Å². The molecule has 0 saturated carbocycles. The van der Waals surface area contributed by atoms with E-state index in [0.29, 0.717) is 0 Å². The van der Waals surface area contributed by atoms with Gasteiger partial charge in [0.2, 0.25) is 5.12 Å². The van der Waals surface area contributed by atoms with Crippen molar-refractivity contribution in [3.63, 3.8) is 0 Å². The highest BCUT2D eigenvalue weighted by molar-refractivity contribution is 8.15. The van der Waals surface area contributed by atoms with Crippen LogP contribution in [0.1, 0.15) is 85.0 Å². The predicted octanol–water partition coefficient (Wildman–Crippen LogP) is 5.86. The summed E-state index contributed by atoms with van der Waals surface area (Å²) >= 11 is 1.45. The largest absolute Gasteiger partial charge is 0.496 e. The van der Waals surface area contributed by atoms with Gasteiger partial charge in [0.15, 0.2) is 0 Å². The minimum atomic E-state index is -0.117. The van der Waals surface area contributed by atoms with Crippen LogP contribution in [0.5, 0.6) is 0 Å². The molecular formula is C18H32O2S. The molecule has 2 nitrogen and oxygen atoms in total. The van der Waals surface area contributed by atoms with E-state index in [1.807, 2.05) is 0 Å². The lowest BCUT2D eigenvalue weighted by molar-refractivity contribution is -0.107. The first-order valence-electron chi connectivity index (χ1n) is 8.70. The standard InChI is InChI=1S/C18H32O2S/c1-4-6-8-9-10-11-13-18(3)16(15-17(19)21-18)20-14-12-7-5-2/h15H,4-14H2,1-3H3/t18-/m1/s1. The quantitative estimate of drug-likeness (QED) is 0.422. The van der Waals surface area contributed by atoms with Crippen molar-refractivity contribution in [1.82, 2.24) is 0 Å². The summed E-state index contributed by atoms with van der Waals surface area (Å²) in [6.45, 7) is 7.35. The lowest BCUT2D eigenvalue weighted by atomic mass is 9.99. The molecule has 0 N–H and O–H groups in total. The molecule has 1 atom stereocenters. The molecule has 0 spiro atoms. The third-order valence-electron chi connectivity index (χ3n) is 4.11. The minimum Gasteiger partial charge on any atom is -0.496 e. The Kier molecular flexibility index (Phi) is 9.14. The van der Waals surface area contributed by atoms with Crippen LogP contribution >= 0.6 is 11.8 Å². The summed E-state index contributed by atoms with van der Waals surface area (Å²) in [5.41, 5.74) is 0. The number of thioether (sulfide) groups is 1. The zero-order valence-electron chi connectivity index (χ0n) is 14.1. The summed E-state index contributed by atoms with van der Waals surface area (Å²) in [6.07, 6.45) is 14.0. The molecule has 0 aliphatic carbocycles. The van der Waals surface area contributed by atoms with Gasteiger partial charge in [0.05, 0.1) is 11.4 Å². The lowest BCUT2D eigenvalue weighted by Crippen LogP contribution is -2.22. The monoisotopic (exact) mass is 312 g/mol. The van der Waals surface area contributed by atoms with Crippen molar-refractivity contribution in [2.45, 2.75) is 89.7 Å². The second kappa shape index (κ2) is 10.3. The number of carbonyl (C=O) groups is 1. The molecule has 0 amide bonds. The van der Waals surface area contributed by atoms with Gasteiger partial charge in [0.1, 0.15) is 5.76 Å². The van der Waals surface area contributed by atoms with Crippen LogP contribution in [0.4, 0.5) is 0 Å². The molecule has 0 saturated heterocycles. The van der Waals surface area contributed by atoms with E-state index in [1.54, 1.807) is 6.08 Å². The summed E-state index contributed by atoms with van der Waals surface area (Å²) in [5, 5.41) is 0.161. The van der Waals surface area contributed by atoms with Crippen molar-refractivity contribution in [2.75, 3.05) is 6.61 Å². The number of ether oxygens (including phenoxy) is 1. The predicted molar refractivity (Wildman–Crippen MR) is 92.6 cm³/mol. The Hall–Kier alpha value is -0.440. The second-order valence-electron chi connectivity index (χ2n) is 6.23. The number of hydrogen-bond acceptors (Lipinski definition) is 3. The summed E-state index contributed by atoms with van der Waals surface area (Å²) in [6, 6.07) is 0. The maximum atomic E-state index is 11.7. The molecule has 1 rings (SSSR count). The van der Waals surface area contributed by atoms with Crippen molar-refractivity contribution in [3.05, 3.63) is 11.8 Å². The van der Waals surface area contributed by atoms with Crippen molar-refractivity contribution >= 4 is 16.9 Å². The second-order valence-corrected chi connectivity index (χ2v) is 7.74. The van der Waals surface area contributed by atoms with E-state index in [4.69, 9.17) is 4.74 Å². The maximum absolute atomic E-state index is 11.7. The Morgan fingerprint density at radius 3 is 2.33 bits per heavy atom. The summed E-state index contributed by atoms with van der Waals surface area (Å²) in [5.74, 6) is 0.919. The van der Waals surface area contributed by atoms with E-state index >= 15 is 0 Å². The van der Waals surface area contributed by atoms with E-state index in [-0.39, 0.29) is 9.86 Å². The Balaban J connectivity index is 2.31. The molecule has 122 valence electrons. The van der Waals surface area contributed by atoms with E-state index in [2.05, 4.69) is 20.8 Å². The van der Waals surface area contributed by atoms with Gasteiger partial charge in [-0.05, 0) is 19.8 Å². The number of unbranched alkanes of at least 4 members (excludes halogenated alkanes) is 7. The fourth-order valence-electron chi connectivity index (χ4n) is 2.71. The van der Waals surface area contributed by atoms with E-state index in [1.165, 1.54) is 63.1 Å². The van der Waals surface area contributed by atoms with Crippen LogP contribution in [0.3, 0.4) is 0 Å². The SMILES string of the molecule is CCCCCCCC[C@@]1(C)SC(=O)C=C1OCCCCC. The van der Waals surface area contributed by atoms with Gasteiger partial charge in [0.25, 0.3) is 0 Å². The minimum absolute atomic E-state index is 0.117. The molecule has 1 heterocycles. The van der Waals surface area contributed by atoms with Gasteiger partial charge in [-0.3, -0.25) is 4.79 Å². The van der Waals surface area contributed by atoms with Gasteiger partial charge in [-0.1, -0.05) is 77.0 Å². The fourth-order valence-corrected chi connectivity index (χ4v) is 3.78. The highest BCUT2D eigenvalue weighted by atomic mass is 32.2. The van der Waals surface area contributed by atoms with Crippen molar-refractivity contribution in [2.24, 2.45) is 0 Å². The molecule has 0 fully saturated rings. The third kappa shape index (κ3) is 6.90. The smallest absolute Gasteiger partial charge is 0.216 e. The average molecular weight is 313 g/mol. The maximum Gasteiger partial charge on any atom is 0.216 e. The Morgan fingerprint density at radius 2 is 1.62 bits per heavy atom. The van der Waals surface area contributed by atoms with Gasteiger partial charge < -0.3 is 4.74 Å². The van der Waals surface area contributed by atoms with Crippen LogP contribution in [-0.4, -0.2) is 16.5 Å². The molecule has 3 heteroatoms. The van der Waals surface area contributed by atoms with Crippen LogP contribution in [0, 0.1) is 0 Å². The highest BCUT2D eigenvalue weighted by Gasteiger charge is 2.38. The van der Waals surface area contributed by atoms with Crippen LogP contribution < -0.4 is 0 Å². The van der Waals surface area contributed by atoms with E-state index < -0.39 is 0 Å². The first-order chi connectivity index (χ1) is 10.1. The topological polar surface area (TPSA) is 26.3 Å². The zero-order chi connectivity index (χ0) is 15.6. The third-order valence-corrected chi connectivity index (χ3v) is 5.28. The molecule has 0 unspecified atom stereocenters. The van der Waals surface area contributed by atoms with Crippen LogP contribution in [0.15, 0.2) is 11.8 Å². The molecule has 1 aliphatic heterocycles. The van der Waals surface area contributed by atoms with Crippen molar-refractivity contribution < 1.29 is 9.53 Å². The highest BCUT2D eigenvalue weighted by Crippen LogP contribution is 2.44. The zero-order valence-corrected chi connectivity index (χ0v) is 14.9. The summed E-state index contributed by atoms with van der Waals surface area (Å²) < 4.78 is 5.79. The van der Waals surface area contributed by atoms with Gasteiger partial charge in [-0.15, -0.1) is 0 Å². The van der Waals surface area contributed by atoms with Crippen molar-refractivity contribution in [1.29, 1.82) is 0 Å². The summed E-state index contributed by atoms with van der Waals surface area (Å²) in [7, 11) is 0. The van der Waals surface area contributed by atoms with Gasteiger partial charge in [0, 0.05) is 6.08 Å². The first kappa shape index (κ1) is 18.6. The molecule has 0 aromatic carbocycles. The van der Waals surface area contributed by atoms with Gasteiger partial charge >= 0.3 is 0 Å². The van der Waals surface area contributed by atoms with Gasteiger partial charge in [-0.2, -0.15) is 0 Å². The van der Waals surface area contributed by atoms with Crippen LogP contribution in [-0.2, 0) is 9.53 Å². The molecule has 0 aromatic heterocycles. The molecule has 0 aromatic rings. The Labute approximate surface area is 135 Å². The Morgan fingerprint density at radius 1 is 1.00 bits per heavy atom. The molecular weight excluding hydrogens is 280 g/mol. The van der Waals surface area contributed by atoms with Crippen LogP contribution in [0.2, 0.25) is 0 Å². The number of carbonyl (C=O) groups excluding carboxylic acids is 1. The Bertz CT molecular complexity index is 338.